The van der Waals surface area contributed by atoms with Gasteiger partial charge in [0, 0.05) is 45.6 Å². The third-order valence-corrected chi connectivity index (χ3v) is 4.03. The average Bonchev–Trinajstić information content (AvgIpc) is 2.96. The van der Waals surface area contributed by atoms with Crippen molar-refractivity contribution in [3.8, 4) is 0 Å². The van der Waals surface area contributed by atoms with Crippen molar-refractivity contribution in [2.24, 2.45) is 7.05 Å². The minimum atomic E-state index is -0.200. The molecule has 0 saturated carbocycles. The molecule has 1 fully saturated rings. The summed E-state index contributed by atoms with van der Waals surface area (Å²) in [5.74, 6) is 0.886. The zero-order valence-electron chi connectivity index (χ0n) is 12.7. The number of hydrogen-bond donors (Lipinski definition) is 1. The van der Waals surface area contributed by atoms with Crippen LogP contribution in [0.2, 0.25) is 0 Å². The summed E-state index contributed by atoms with van der Waals surface area (Å²) in [7, 11) is 2.03. The van der Waals surface area contributed by atoms with E-state index in [1.54, 1.807) is 12.1 Å². The van der Waals surface area contributed by atoms with Crippen LogP contribution >= 0.6 is 0 Å². The molecule has 4 nitrogen and oxygen atoms in total. The van der Waals surface area contributed by atoms with Crippen LogP contribution in [-0.4, -0.2) is 40.6 Å². The molecule has 0 amide bonds. The Bertz CT molecular complexity index is 632. The van der Waals surface area contributed by atoms with Crippen molar-refractivity contribution in [1.29, 1.82) is 0 Å². The Hall–Kier alpha value is -1.98. The van der Waals surface area contributed by atoms with Crippen LogP contribution in [0.5, 0.6) is 0 Å². The Labute approximate surface area is 130 Å². The Balaban J connectivity index is 1.67. The standard InChI is InChI=1S/C17H21FN4/c1-21-11-9-20-17(21)16-13-19-8-12-22(16)10-2-3-14-4-6-15(18)7-5-14/h2-7,9,11,16,19H,8,10,12-13H2,1H3/b3-2+. The van der Waals surface area contributed by atoms with Gasteiger partial charge in [0.15, 0.2) is 0 Å². The molecule has 1 aliphatic heterocycles. The maximum Gasteiger partial charge on any atom is 0.127 e. The minimum absolute atomic E-state index is 0.200. The van der Waals surface area contributed by atoms with Gasteiger partial charge in [0.2, 0.25) is 0 Å². The van der Waals surface area contributed by atoms with E-state index in [-0.39, 0.29) is 11.9 Å². The van der Waals surface area contributed by atoms with E-state index in [1.165, 1.54) is 12.1 Å². The van der Waals surface area contributed by atoms with Crippen molar-refractivity contribution >= 4 is 6.08 Å². The smallest absolute Gasteiger partial charge is 0.127 e. The molecule has 0 radical (unpaired) electrons. The monoisotopic (exact) mass is 300 g/mol. The molecule has 1 aromatic carbocycles. The molecule has 1 N–H and O–H groups in total. The van der Waals surface area contributed by atoms with Gasteiger partial charge in [0.25, 0.3) is 0 Å². The Kier molecular flexibility index (Phi) is 4.65. The lowest BCUT2D eigenvalue weighted by Crippen LogP contribution is -2.46. The Morgan fingerprint density at radius 1 is 1.36 bits per heavy atom. The number of nitrogens with zero attached hydrogens (tertiary/aromatic N) is 3. The fourth-order valence-electron chi connectivity index (χ4n) is 2.82. The van der Waals surface area contributed by atoms with E-state index in [1.807, 2.05) is 25.5 Å². The summed E-state index contributed by atoms with van der Waals surface area (Å²) in [6.07, 6.45) is 8.00. The normalized spacial score (nSPS) is 19.8. The maximum absolute atomic E-state index is 12.9. The van der Waals surface area contributed by atoms with E-state index in [4.69, 9.17) is 0 Å². The van der Waals surface area contributed by atoms with Gasteiger partial charge < -0.3 is 9.88 Å². The number of aryl methyl sites for hydroxylation is 1. The van der Waals surface area contributed by atoms with Crippen molar-refractivity contribution in [3.05, 3.63) is 59.9 Å². The first-order chi connectivity index (χ1) is 10.7. The highest BCUT2D eigenvalue weighted by molar-refractivity contribution is 5.49. The zero-order valence-corrected chi connectivity index (χ0v) is 12.7. The highest BCUT2D eigenvalue weighted by Crippen LogP contribution is 2.20. The van der Waals surface area contributed by atoms with Crippen molar-refractivity contribution in [3.63, 3.8) is 0 Å². The molecule has 22 heavy (non-hydrogen) atoms. The lowest BCUT2D eigenvalue weighted by Gasteiger charge is -2.34. The number of hydrogen-bond acceptors (Lipinski definition) is 3. The van der Waals surface area contributed by atoms with Gasteiger partial charge in [-0.15, -0.1) is 0 Å². The number of nitrogens with one attached hydrogen (secondary N) is 1. The van der Waals surface area contributed by atoms with E-state index in [0.29, 0.717) is 0 Å². The number of aromatic nitrogens is 2. The van der Waals surface area contributed by atoms with Gasteiger partial charge in [-0.25, -0.2) is 9.37 Å². The van der Waals surface area contributed by atoms with Crippen LogP contribution < -0.4 is 5.32 Å². The van der Waals surface area contributed by atoms with Crippen molar-refractivity contribution in [2.45, 2.75) is 6.04 Å². The van der Waals surface area contributed by atoms with Crippen LogP contribution in [0.15, 0.2) is 42.7 Å². The molecule has 0 spiro atoms. The fourth-order valence-corrected chi connectivity index (χ4v) is 2.82. The number of halogens is 1. The van der Waals surface area contributed by atoms with Crippen LogP contribution in [0, 0.1) is 5.82 Å². The molecule has 116 valence electrons. The van der Waals surface area contributed by atoms with Crippen LogP contribution in [0.25, 0.3) is 6.08 Å². The van der Waals surface area contributed by atoms with E-state index in [0.717, 1.165) is 37.6 Å². The SMILES string of the molecule is Cn1ccnc1C1CNCCN1C/C=C/c1ccc(F)cc1. The molecule has 1 aliphatic rings. The van der Waals surface area contributed by atoms with Gasteiger partial charge >= 0.3 is 0 Å². The summed E-state index contributed by atoms with van der Waals surface area (Å²) < 4.78 is 15.0. The molecule has 3 rings (SSSR count). The third-order valence-electron chi connectivity index (χ3n) is 4.03. The second-order valence-corrected chi connectivity index (χ2v) is 5.57. The molecular formula is C17H21FN4. The fraction of sp³-hybridized carbons (Fsp3) is 0.353. The van der Waals surface area contributed by atoms with Crippen molar-refractivity contribution < 1.29 is 4.39 Å². The van der Waals surface area contributed by atoms with Crippen LogP contribution in [0.3, 0.4) is 0 Å². The van der Waals surface area contributed by atoms with Gasteiger partial charge in [-0.3, -0.25) is 4.90 Å². The summed E-state index contributed by atoms with van der Waals surface area (Å²) in [6, 6.07) is 6.84. The molecule has 1 aromatic heterocycles. The second kappa shape index (κ2) is 6.85. The first kappa shape index (κ1) is 14.9. The summed E-state index contributed by atoms with van der Waals surface area (Å²) in [5, 5.41) is 3.43. The number of rotatable bonds is 4. The van der Waals surface area contributed by atoms with Crippen LogP contribution in [-0.2, 0) is 7.05 Å². The second-order valence-electron chi connectivity index (χ2n) is 5.57. The number of benzene rings is 1. The van der Waals surface area contributed by atoms with Crippen LogP contribution in [0.1, 0.15) is 17.4 Å². The number of piperazine rings is 1. The Morgan fingerprint density at radius 2 is 2.18 bits per heavy atom. The zero-order chi connectivity index (χ0) is 15.4. The minimum Gasteiger partial charge on any atom is -0.337 e. The summed E-state index contributed by atoms with van der Waals surface area (Å²) in [5.41, 5.74) is 1.02. The molecule has 0 aliphatic carbocycles. The molecule has 1 saturated heterocycles. The Morgan fingerprint density at radius 3 is 2.91 bits per heavy atom. The van der Waals surface area contributed by atoms with Crippen molar-refractivity contribution in [1.82, 2.24) is 19.8 Å². The molecular weight excluding hydrogens is 279 g/mol. The maximum atomic E-state index is 12.9. The first-order valence-corrected chi connectivity index (χ1v) is 7.58. The van der Waals surface area contributed by atoms with E-state index in [2.05, 4.69) is 25.8 Å². The molecule has 2 aromatic rings. The van der Waals surface area contributed by atoms with Gasteiger partial charge in [-0.2, -0.15) is 0 Å². The quantitative estimate of drug-likeness (QED) is 0.940. The molecule has 2 heterocycles. The summed E-state index contributed by atoms with van der Waals surface area (Å²) >= 11 is 0. The molecule has 1 unspecified atom stereocenters. The van der Waals surface area contributed by atoms with Crippen molar-refractivity contribution in [2.75, 3.05) is 26.2 Å². The molecule has 1 atom stereocenters. The van der Waals surface area contributed by atoms with Gasteiger partial charge in [-0.05, 0) is 17.7 Å². The predicted octanol–water partition coefficient (Wildman–Crippen LogP) is 2.22. The molecule has 0 bridgehead atoms. The van der Waals surface area contributed by atoms with Gasteiger partial charge in [0.05, 0.1) is 6.04 Å². The average molecular weight is 300 g/mol. The van der Waals surface area contributed by atoms with E-state index in [9.17, 15) is 4.39 Å². The highest BCUT2D eigenvalue weighted by Gasteiger charge is 2.25. The number of imidazole rings is 1. The summed E-state index contributed by atoms with van der Waals surface area (Å²) in [6.45, 7) is 3.75. The molecule has 5 heteroatoms. The largest absolute Gasteiger partial charge is 0.337 e. The van der Waals surface area contributed by atoms with E-state index < -0.39 is 0 Å². The topological polar surface area (TPSA) is 33.1 Å². The van der Waals surface area contributed by atoms with E-state index >= 15 is 0 Å². The summed E-state index contributed by atoms with van der Waals surface area (Å²) in [4.78, 5) is 6.90. The predicted molar refractivity (Wildman–Crippen MR) is 85.8 cm³/mol. The van der Waals surface area contributed by atoms with Gasteiger partial charge in [0.1, 0.15) is 11.6 Å². The lowest BCUT2D eigenvalue weighted by atomic mass is 10.1. The first-order valence-electron chi connectivity index (χ1n) is 7.58. The van der Waals surface area contributed by atoms with Gasteiger partial charge in [-0.1, -0.05) is 24.3 Å². The highest BCUT2D eigenvalue weighted by atomic mass is 19.1. The van der Waals surface area contributed by atoms with Crippen LogP contribution in [0.4, 0.5) is 4.39 Å². The third kappa shape index (κ3) is 3.43. The lowest BCUT2D eigenvalue weighted by molar-refractivity contribution is 0.170.